The Morgan fingerprint density at radius 1 is 1.27 bits per heavy atom. The van der Waals surface area contributed by atoms with Crippen molar-refractivity contribution in [3.63, 3.8) is 0 Å². The number of hydrogen-bond acceptors (Lipinski definition) is 1. The van der Waals surface area contributed by atoms with Gasteiger partial charge in [-0.25, -0.2) is 0 Å². The number of benzene rings is 1. The van der Waals surface area contributed by atoms with E-state index in [-0.39, 0.29) is 0 Å². The smallest absolute Gasteiger partial charge is 0.108 e. The minimum atomic E-state index is 0.931. The van der Waals surface area contributed by atoms with Gasteiger partial charge in [-0.3, -0.25) is 5.10 Å². The van der Waals surface area contributed by atoms with Gasteiger partial charge in [-0.15, -0.1) is 0 Å². The standard InChI is InChI=1S/C7H4Br2N2/c8-4-1-2-5-6(3-4)10-11-7(5)9/h1-3H,(H,10,11). The summed E-state index contributed by atoms with van der Waals surface area (Å²) in [6.45, 7) is 0. The van der Waals surface area contributed by atoms with Crippen LogP contribution in [0.3, 0.4) is 0 Å². The average molecular weight is 276 g/mol. The van der Waals surface area contributed by atoms with E-state index in [4.69, 9.17) is 0 Å². The van der Waals surface area contributed by atoms with Crippen LogP contribution in [0, 0.1) is 0 Å². The Kier molecular flexibility index (Phi) is 1.73. The molecule has 2 aromatic rings. The Morgan fingerprint density at radius 2 is 2.09 bits per heavy atom. The number of nitrogens with zero attached hydrogens (tertiary/aromatic N) is 1. The average Bonchev–Trinajstić information content (AvgIpc) is 2.32. The van der Waals surface area contributed by atoms with Gasteiger partial charge in [-0.1, -0.05) is 15.9 Å². The molecule has 11 heavy (non-hydrogen) atoms. The van der Waals surface area contributed by atoms with Gasteiger partial charge < -0.3 is 0 Å². The van der Waals surface area contributed by atoms with E-state index in [1.165, 1.54) is 0 Å². The molecule has 1 aromatic carbocycles. The van der Waals surface area contributed by atoms with Crippen molar-refractivity contribution in [2.75, 3.05) is 0 Å². The van der Waals surface area contributed by atoms with Crippen LogP contribution in [0.5, 0.6) is 0 Å². The summed E-state index contributed by atoms with van der Waals surface area (Å²) in [6.07, 6.45) is 0. The van der Waals surface area contributed by atoms with Gasteiger partial charge in [0.15, 0.2) is 0 Å². The van der Waals surface area contributed by atoms with Gasteiger partial charge in [0, 0.05) is 9.86 Å². The zero-order valence-corrected chi connectivity index (χ0v) is 8.61. The number of H-pyrrole nitrogens is 1. The molecule has 0 aliphatic heterocycles. The first-order valence-corrected chi connectivity index (χ1v) is 4.65. The molecule has 2 rings (SSSR count). The Morgan fingerprint density at radius 3 is 2.91 bits per heavy atom. The molecule has 0 spiro atoms. The predicted molar refractivity (Wildman–Crippen MR) is 51.5 cm³/mol. The van der Waals surface area contributed by atoms with Crippen LogP contribution < -0.4 is 0 Å². The highest BCUT2D eigenvalue weighted by Crippen LogP contribution is 2.23. The summed E-state index contributed by atoms with van der Waals surface area (Å²) in [7, 11) is 0. The second-order valence-corrected chi connectivity index (χ2v) is 3.91. The van der Waals surface area contributed by atoms with Crippen LogP contribution in [0.1, 0.15) is 0 Å². The molecule has 0 bridgehead atoms. The molecule has 0 fully saturated rings. The van der Waals surface area contributed by atoms with Gasteiger partial charge in [0.05, 0.1) is 5.52 Å². The maximum absolute atomic E-state index is 4.08. The fourth-order valence-corrected chi connectivity index (χ4v) is 1.73. The van der Waals surface area contributed by atoms with Crippen molar-refractivity contribution < 1.29 is 0 Å². The summed E-state index contributed by atoms with van der Waals surface area (Å²) in [4.78, 5) is 0. The monoisotopic (exact) mass is 274 g/mol. The minimum Gasteiger partial charge on any atom is -0.270 e. The van der Waals surface area contributed by atoms with E-state index in [1.54, 1.807) is 0 Å². The van der Waals surface area contributed by atoms with Crippen molar-refractivity contribution >= 4 is 42.8 Å². The van der Waals surface area contributed by atoms with Gasteiger partial charge in [0.1, 0.15) is 4.60 Å². The van der Waals surface area contributed by atoms with Crippen molar-refractivity contribution in [3.8, 4) is 0 Å². The quantitative estimate of drug-likeness (QED) is 0.786. The van der Waals surface area contributed by atoms with Crippen molar-refractivity contribution in [2.24, 2.45) is 0 Å². The highest BCUT2D eigenvalue weighted by atomic mass is 79.9. The number of hydrogen-bond donors (Lipinski definition) is 1. The lowest BCUT2D eigenvalue weighted by Crippen LogP contribution is -1.67. The van der Waals surface area contributed by atoms with E-state index in [0.717, 1.165) is 20.0 Å². The Bertz CT molecular complexity index is 394. The van der Waals surface area contributed by atoms with Crippen LogP contribution in [0.4, 0.5) is 0 Å². The second kappa shape index (κ2) is 2.60. The molecule has 4 heteroatoms. The first-order chi connectivity index (χ1) is 5.27. The molecular weight excluding hydrogens is 272 g/mol. The number of nitrogens with one attached hydrogen (secondary N) is 1. The molecule has 56 valence electrons. The van der Waals surface area contributed by atoms with Crippen molar-refractivity contribution in [1.29, 1.82) is 0 Å². The van der Waals surface area contributed by atoms with E-state index in [1.807, 2.05) is 18.2 Å². The third-order valence-electron chi connectivity index (χ3n) is 1.47. The largest absolute Gasteiger partial charge is 0.270 e. The number of aromatic nitrogens is 2. The lowest BCUT2D eigenvalue weighted by atomic mass is 10.3. The van der Waals surface area contributed by atoms with Gasteiger partial charge in [0.25, 0.3) is 0 Å². The SMILES string of the molecule is Brc1ccc2c(Br)[nH]nc2c1. The van der Waals surface area contributed by atoms with Crippen LogP contribution in [0.2, 0.25) is 0 Å². The third-order valence-corrected chi connectivity index (χ3v) is 2.57. The molecule has 0 aliphatic carbocycles. The number of rotatable bonds is 0. The lowest BCUT2D eigenvalue weighted by molar-refractivity contribution is 1.10. The van der Waals surface area contributed by atoms with E-state index < -0.39 is 0 Å². The third kappa shape index (κ3) is 1.20. The van der Waals surface area contributed by atoms with Crippen molar-refractivity contribution in [3.05, 3.63) is 27.3 Å². The van der Waals surface area contributed by atoms with E-state index >= 15 is 0 Å². The second-order valence-electron chi connectivity index (χ2n) is 2.20. The first kappa shape index (κ1) is 7.31. The molecule has 0 amide bonds. The number of aromatic amines is 1. The predicted octanol–water partition coefficient (Wildman–Crippen LogP) is 3.09. The Labute approximate surface area is 80.2 Å². The van der Waals surface area contributed by atoms with Gasteiger partial charge >= 0.3 is 0 Å². The maximum Gasteiger partial charge on any atom is 0.108 e. The van der Waals surface area contributed by atoms with E-state index in [9.17, 15) is 0 Å². The molecule has 1 heterocycles. The van der Waals surface area contributed by atoms with Gasteiger partial charge in [0.2, 0.25) is 0 Å². The normalized spacial score (nSPS) is 10.7. The molecule has 0 saturated carbocycles. The van der Waals surface area contributed by atoms with Crippen LogP contribution in [-0.4, -0.2) is 10.2 Å². The molecule has 0 unspecified atom stereocenters. The van der Waals surface area contributed by atoms with Crippen LogP contribution in [0.25, 0.3) is 10.9 Å². The highest BCUT2D eigenvalue weighted by Gasteiger charge is 2.00. The van der Waals surface area contributed by atoms with Gasteiger partial charge in [-0.05, 0) is 34.1 Å². The summed E-state index contributed by atoms with van der Waals surface area (Å²) in [5.41, 5.74) is 0.964. The fourth-order valence-electron chi connectivity index (χ4n) is 0.952. The summed E-state index contributed by atoms with van der Waals surface area (Å²) in [5.74, 6) is 0. The molecule has 0 saturated heterocycles. The maximum atomic E-state index is 4.08. The van der Waals surface area contributed by atoms with Crippen LogP contribution in [0.15, 0.2) is 27.3 Å². The molecular formula is C7H4Br2N2. The van der Waals surface area contributed by atoms with E-state index in [2.05, 4.69) is 42.1 Å². The topological polar surface area (TPSA) is 28.7 Å². The minimum absolute atomic E-state index is 0.931. The lowest BCUT2D eigenvalue weighted by Gasteiger charge is -1.88. The summed E-state index contributed by atoms with van der Waals surface area (Å²) >= 11 is 6.73. The number of halogens is 2. The molecule has 0 atom stereocenters. The molecule has 1 aromatic heterocycles. The number of fused-ring (bicyclic) bond motifs is 1. The van der Waals surface area contributed by atoms with Gasteiger partial charge in [-0.2, -0.15) is 5.10 Å². The highest BCUT2D eigenvalue weighted by molar-refractivity contribution is 9.10. The molecule has 0 aliphatic rings. The van der Waals surface area contributed by atoms with Crippen molar-refractivity contribution in [1.82, 2.24) is 10.2 Å². The van der Waals surface area contributed by atoms with Crippen LogP contribution in [-0.2, 0) is 0 Å². The summed E-state index contributed by atoms with van der Waals surface area (Å²) in [6, 6.07) is 5.96. The first-order valence-electron chi connectivity index (χ1n) is 3.06. The Balaban J connectivity index is 2.86. The van der Waals surface area contributed by atoms with Crippen molar-refractivity contribution in [2.45, 2.75) is 0 Å². The summed E-state index contributed by atoms with van der Waals surface area (Å²) < 4.78 is 1.98. The van der Waals surface area contributed by atoms with Crippen LogP contribution >= 0.6 is 31.9 Å². The fraction of sp³-hybridized carbons (Fsp3) is 0. The molecule has 1 N–H and O–H groups in total. The van der Waals surface area contributed by atoms with E-state index in [0.29, 0.717) is 0 Å². The summed E-state index contributed by atoms with van der Waals surface area (Å²) in [5, 5.41) is 8.03. The Hall–Kier alpha value is -0.350. The molecule has 2 nitrogen and oxygen atoms in total. The molecule has 0 radical (unpaired) electrons. The zero-order valence-electron chi connectivity index (χ0n) is 5.44. The zero-order chi connectivity index (χ0) is 7.84.